The molecule has 7 nitrogen and oxygen atoms in total. The number of carbonyl (C=O) groups is 2. The molecule has 0 aliphatic carbocycles. The number of nitrogens with zero attached hydrogens (tertiary/aromatic N) is 2. The van der Waals surface area contributed by atoms with Gasteiger partial charge in [-0.05, 0) is 55.8 Å². The standard InChI is InChI=1S/C25H26N4O3S/c1-16-14-17(2)27-24-22(16)29(12-13-33-24)25(31)28-20-10-8-18(9-11-20)23(30)26-15-19-6-4-5-7-21(19)32-3/h4-11,14H,12-13,15H2,1-3H3,(H,26,30)(H,28,31). The van der Waals surface area contributed by atoms with Crippen molar-refractivity contribution in [1.29, 1.82) is 0 Å². The van der Waals surface area contributed by atoms with E-state index in [0.29, 0.717) is 24.3 Å². The zero-order valence-electron chi connectivity index (χ0n) is 18.8. The van der Waals surface area contributed by atoms with Crippen molar-refractivity contribution < 1.29 is 14.3 Å². The number of thioether (sulfide) groups is 1. The predicted molar refractivity (Wildman–Crippen MR) is 131 cm³/mol. The molecule has 2 heterocycles. The number of pyridine rings is 1. The second kappa shape index (κ2) is 9.95. The third-order valence-electron chi connectivity index (χ3n) is 5.38. The van der Waals surface area contributed by atoms with E-state index in [1.165, 1.54) is 0 Å². The van der Waals surface area contributed by atoms with Crippen LogP contribution in [0.5, 0.6) is 5.75 Å². The van der Waals surface area contributed by atoms with Gasteiger partial charge in [0.1, 0.15) is 10.8 Å². The zero-order chi connectivity index (χ0) is 23.4. The van der Waals surface area contributed by atoms with Gasteiger partial charge in [-0.15, -0.1) is 11.8 Å². The zero-order valence-corrected chi connectivity index (χ0v) is 19.7. The van der Waals surface area contributed by atoms with E-state index in [9.17, 15) is 9.59 Å². The highest BCUT2D eigenvalue weighted by Gasteiger charge is 2.26. The number of anilines is 2. The molecule has 33 heavy (non-hydrogen) atoms. The summed E-state index contributed by atoms with van der Waals surface area (Å²) in [5.41, 5.74) is 4.87. The minimum atomic E-state index is -0.210. The second-order valence-electron chi connectivity index (χ2n) is 7.74. The van der Waals surface area contributed by atoms with E-state index in [1.807, 2.05) is 44.2 Å². The average molecular weight is 463 g/mol. The molecule has 4 rings (SSSR count). The van der Waals surface area contributed by atoms with Gasteiger partial charge >= 0.3 is 6.03 Å². The minimum Gasteiger partial charge on any atom is -0.496 e. The Morgan fingerprint density at radius 1 is 1.12 bits per heavy atom. The van der Waals surface area contributed by atoms with Crippen LogP contribution in [0.25, 0.3) is 0 Å². The molecule has 1 aromatic heterocycles. The van der Waals surface area contributed by atoms with Gasteiger partial charge in [-0.25, -0.2) is 9.78 Å². The van der Waals surface area contributed by atoms with Crippen molar-refractivity contribution in [3.8, 4) is 5.75 Å². The molecule has 3 aromatic rings. The molecule has 1 aliphatic heterocycles. The number of para-hydroxylation sites is 1. The van der Waals surface area contributed by atoms with Crippen LogP contribution < -0.4 is 20.3 Å². The van der Waals surface area contributed by atoms with Crippen molar-refractivity contribution in [2.75, 3.05) is 29.6 Å². The Balaban J connectivity index is 1.40. The molecule has 0 bridgehead atoms. The Bertz CT molecular complexity index is 1180. The van der Waals surface area contributed by atoms with E-state index < -0.39 is 0 Å². The van der Waals surface area contributed by atoms with Crippen LogP contribution in [0.3, 0.4) is 0 Å². The molecule has 2 N–H and O–H groups in total. The van der Waals surface area contributed by atoms with E-state index in [-0.39, 0.29) is 11.9 Å². The number of benzene rings is 2. The van der Waals surface area contributed by atoms with Gasteiger partial charge < -0.3 is 15.4 Å². The smallest absolute Gasteiger partial charge is 0.326 e. The lowest BCUT2D eigenvalue weighted by Gasteiger charge is -2.30. The first kappa shape index (κ1) is 22.7. The fraction of sp³-hybridized carbons (Fsp3) is 0.240. The molecule has 1 aliphatic rings. The Morgan fingerprint density at radius 2 is 1.88 bits per heavy atom. The van der Waals surface area contributed by atoms with E-state index in [4.69, 9.17) is 4.74 Å². The first-order valence-corrected chi connectivity index (χ1v) is 11.6. The lowest BCUT2D eigenvalue weighted by atomic mass is 10.1. The summed E-state index contributed by atoms with van der Waals surface area (Å²) >= 11 is 1.67. The number of carbonyl (C=O) groups excluding carboxylic acids is 2. The summed E-state index contributed by atoms with van der Waals surface area (Å²) in [5.74, 6) is 1.33. The third-order valence-corrected chi connectivity index (χ3v) is 6.32. The lowest BCUT2D eigenvalue weighted by Crippen LogP contribution is -2.39. The molecular weight excluding hydrogens is 436 g/mol. The molecule has 2 aromatic carbocycles. The Morgan fingerprint density at radius 3 is 2.64 bits per heavy atom. The number of nitrogens with one attached hydrogen (secondary N) is 2. The number of rotatable bonds is 5. The normalized spacial score (nSPS) is 12.6. The molecule has 0 fully saturated rings. The van der Waals surface area contributed by atoms with Crippen LogP contribution in [0.15, 0.2) is 59.6 Å². The Kier molecular flexibility index (Phi) is 6.84. The summed E-state index contributed by atoms with van der Waals surface area (Å²) in [4.78, 5) is 31.9. The summed E-state index contributed by atoms with van der Waals surface area (Å²) in [7, 11) is 1.61. The van der Waals surface area contributed by atoms with Gasteiger partial charge in [-0.2, -0.15) is 0 Å². The van der Waals surface area contributed by atoms with E-state index in [1.54, 1.807) is 48.0 Å². The molecule has 0 radical (unpaired) electrons. The van der Waals surface area contributed by atoms with Crippen LogP contribution in [0.2, 0.25) is 0 Å². The van der Waals surface area contributed by atoms with E-state index in [0.717, 1.165) is 39.0 Å². The fourth-order valence-electron chi connectivity index (χ4n) is 3.80. The molecule has 0 unspecified atom stereocenters. The van der Waals surface area contributed by atoms with Crippen LogP contribution in [-0.4, -0.2) is 36.3 Å². The highest BCUT2D eigenvalue weighted by molar-refractivity contribution is 7.99. The largest absolute Gasteiger partial charge is 0.496 e. The number of amides is 3. The number of aryl methyl sites for hydroxylation is 2. The van der Waals surface area contributed by atoms with Crippen molar-refractivity contribution in [2.45, 2.75) is 25.4 Å². The second-order valence-corrected chi connectivity index (χ2v) is 8.82. The highest BCUT2D eigenvalue weighted by Crippen LogP contribution is 2.36. The first-order valence-electron chi connectivity index (χ1n) is 10.7. The number of aromatic nitrogens is 1. The fourth-order valence-corrected chi connectivity index (χ4v) is 4.88. The van der Waals surface area contributed by atoms with Crippen LogP contribution in [0.4, 0.5) is 16.2 Å². The van der Waals surface area contributed by atoms with Gasteiger partial charge in [0.15, 0.2) is 0 Å². The van der Waals surface area contributed by atoms with Crippen LogP contribution >= 0.6 is 11.8 Å². The average Bonchev–Trinajstić information content (AvgIpc) is 2.82. The van der Waals surface area contributed by atoms with Gasteiger partial charge in [-0.3, -0.25) is 9.69 Å². The summed E-state index contributed by atoms with van der Waals surface area (Å²) in [6.45, 7) is 4.93. The molecule has 0 saturated heterocycles. The topological polar surface area (TPSA) is 83.6 Å². The Labute approximate surface area is 197 Å². The van der Waals surface area contributed by atoms with Crippen molar-refractivity contribution in [3.63, 3.8) is 0 Å². The van der Waals surface area contributed by atoms with Gasteiger partial charge in [0.25, 0.3) is 5.91 Å². The summed E-state index contributed by atoms with van der Waals surface area (Å²) in [6, 6.07) is 16.2. The van der Waals surface area contributed by atoms with Crippen molar-refractivity contribution >= 4 is 35.1 Å². The van der Waals surface area contributed by atoms with Crippen molar-refractivity contribution in [2.24, 2.45) is 0 Å². The maximum atomic E-state index is 13.0. The van der Waals surface area contributed by atoms with Crippen molar-refractivity contribution in [3.05, 3.63) is 77.0 Å². The predicted octanol–water partition coefficient (Wildman–Crippen LogP) is 4.78. The molecule has 0 spiro atoms. The number of hydrogen-bond acceptors (Lipinski definition) is 5. The molecule has 3 amide bonds. The number of urea groups is 1. The molecule has 170 valence electrons. The first-order chi connectivity index (χ1) is 16.0. The Hall–Kier alpha value is -3.52. The van der Waals surface area contributed by atoms with Crippen molar-refractivity contribution in [1.82, 2.24) is 10.3 Å². The van der Waals surface area contributed by atoms with Gasteiger partial charge in [0.05, 0.1) is 12.8 Å². The lowest BCUT2D eigenvalue weighted by molar-refractivity contribution is 0.0950. The number of hydrogen-bond donors (Lipinski definition) is 2. The van der Waals surface area contributed by atoms with Crippen LogP contribution in [-0.2, 0) is 6.54 Å². The monoisotopic (exact) mass is 462 g/mol. The maximum Gasteiger partial charge on any atom is 0.326 e. The quantitative estimate of drug-likeness (QED) is 0.570. The van der Waals surface area contributed by atoms with Gasteiger partial charge in [0.2, 0.25) is 0 Å². The van der Waals surface area contributed by atoms with Gasteiger partial charge in [-0.1, -0.05) is 18.2 Å². The van der Waals surface area contributed by atoms with Crippen LogP contribution in [0.1, 0.15) is 27.2 Å². The van der Waals surface area contributed by atoms with Crippen LogP contribution in [0, 0.1) is 13.8 Å². The minimum absolute atomic E-state index is 0.196. The highest BCUT2D eigenvalue weighted by atomic mass is 32.2. The number of methoxy groups -OCH3 is 1. The van der Waals surface area contributed by atoms with Gasteiger partial charge in [0, 0.05) is 41.4 Å². The molecule has 0 saturated carbocycles. The third kappa shape index (κ3) is 5.12. The molecular formula is C25H26N4O3S. The summed E-state index contributed by atoms with van der Waals surface area (Å²) < 4.78 is 5.32. The summed E-state index contributed by atoms with van der Waals surface area (Å²) in [5, 5.41) is 6.72. The molecule has 0 atom stereocenters. The maximum absolute atomic E-state index is 13.0. The van der Waals surface area contributed by atoms with E-state index >= 15 is 0 Å². The number of fused-ring (bicyclic) bond motifs is 1. The summed E-state index contributed by atoms with van der Waals surface area (Å²) in [6.07, 6.45) is 0. The van der Waals surface area contributed by atoms with E-state index in [2.05, 4.69) is 15.6 Å². The SMILES string of the molecule is COc1ccccc1CNC(=O)c1ccc(NC(=O)N2CCSc3nc(C)cc(C)c32)cc1. The number of ether oxygens (including phenoxy) is 1. The molecule has 8 heteroatoms.